The van der Waals surface area contributed by atoms with Gasteiger partial charge < -0.3 is 4.57 Å². The molecule has 2 aromatic heterocycles. The lowest BCUT2D eigenvalue weighted by atomic mass is 10.2. The number of benzene rings is 1. The fraction of sp³-hybridized carbons (Fsp3) is 0.0769. The van der Waals surface area contributed by atoms with E-state index in [1.807, 2.05) is 24.4 Å². The molecular formula is C13H12N4OS2. The summed E-state index contributed by atoms with van der Waals surface area (Å²) in [6, 6.07) is 10.2. The van der Waals surface area contributed by atoms with Gasteiger partial charge in [-0.05, 0) is 17.3 Å². The molecule has 0 atom stereocenters. The molecule has 0 bridgehead atoms. The normalized spacial score (nSPS) is 10.7. The zero-order valence-corrected chi connectivity index (χ0v) is 12.1. The lowest BCUT2D eigenvalue weighted by Gasteiger charge is -2.06. The summed E-state index contributed by atoms with van der Waals surface area (Å²) in [5, 5.41) is 10.3. The van der Waals surface area contributed by atoms with E-state index in [1.54, 1.807) is 12.4 Å². The fourth-order valence-electron chi connectivity index (χ4n) is 1.74. The average molecular weight is 304 g/mol. The smallest absolute Gasteiger partial charge is 0.175 e. The summed E-state index contributed by atoms with van der Waals surface area (Å²) in [5.74, 6) is 0. The summed E-state index contributed by atoms with van der Waals surface area (Å²) in [4.78, 5) is 8.57. The van der Waals surface area contributed by atoms with E-state index in [-0.39, 0.29) is 0 Å². The third-order valence-corrected chi connectivity index (χ3v) is 4.65. The van der Waals surface area contributed by atoms with Crippen molar-refractivity contribution in [2.24, 2.45) is 0 Å². The Labute approximate surface area is 124 Å². The molecule has 0 radical (unpaired) electrons. The van der Waals surface area contributed by atoms with Crippen LogP contribution < -0.4 is 5.48 Å². The minimum atomic E-state index is 0.619. The molecule has 2 heterocycles. The third-order valence-electron chi connectivity index (χ3n) is 2.65. The highest BCUT2D eigenvalue weighted by Crippen LogP contribution is 2.32. The average Bonchev–Trinajstić information content (AvgIpc) is 3.10. The molecule has 0 spiro atoms. The van der Waals surface area contributed by atoms with Crippen molar-refractivity contribution in [3.8, 4) is 0 Å². The summed E-state index contributed by atoms with van der Waals surface area (Å²) in [6.45, 7) is 0.777. The number of nitrogens with zero attached hydrogens (tertiary/aromatic N) is 3. The van der Waals surface area contributed by atoms with Gasteiger partial charge in [-0.25, -0.2) is 9.97 Å². The van der Waals surface area contributed by atoms with E-state index in [0.29, 0.717) is 5.00 Å². The number of thiazole rings is 1. The van der Waals surface area contributed by atoms with Gasteiger partial charge in [0.2, 0.25) is 0 Å². The molecule has 1 aromatic carbocycles. The Morgan fingerprint density at radius 3 is 2.85 bits per heavy atom. The molecule has 0 unspecified atom stereocenters. The van der Waals surface area contributed by atoms with E-state index in [1.165, 1.54) is 28.7 Å². The van der Waals surface area contributed by atoms with Crippen molar-refractivity contribution in [1.82, 2.24) is 14.5 Å². The van der Waals surface area contributed by atoms with E-state index in [2.05, 4.69) is 32.1 Å². The van der Waals surface area contributed by atoms with Crippen LogP contribution in [0.4, 0.5) is 5.00 Å². The summed E-state index contributed by atoms with van der Waals surface area (Å²) in [6.07, 6.45) is 5.33. The zero-order chi connectivity index (χ0) is 13.8. The number of aromatic nitrogens is 3. The van der Waals surface area contributed by atoms with Crippen LogP contribution in [-0.2, 0) is 6.54 Å². The van der Waals surface area contributed by atoms with Gasteiger partial charge in [-0.1, -0.05) is 41.7 Å². The molecule has 0 saturated carbocycles. The van der Waals surface area contributed by atoms with Crippen molar-refractivity contribution >= 4 is 28.1 Å². The first-order valence-corrected chi connectivity index (χ1v) is 7.57. The Morgan fingerprint density at radius 2 is 2.10 bits per heavy atom. The molecule has 0 aliphatic rings. The van der Waals surface area contributed by atoms with Crippen LogP contribution in [0.2, 0.25) is 0 Å². The van der Waals surface area contributed by atoms with Gasteiger partial charge in [0.25, 0.3) is 0 Å². The Bertz CT molecular complexity index is 681. The summed E-state index contributed by atoms with van der Waals surface area (Å²) < 4.78 is 2.91. The molecule has 20 heavy (non-hydrogen) atoms. The monoisotopic (exact) mass is 304 g/mol. The van der Waals surface area contributed by atoms with Crippen LogP contribution in [0.5, 0.6) is 0 Å². The molecule has 5 nitrogen and oxygen atoms in total. The highest BCUT2D eigenvalue weighted by atomic mass is 32.2. The Morgan fingerprint density at radius 1 is 1.25 bits per heavy atom. The third kappa shape index (κ3) is 3.01. The number of anilines is 1. The summed E-state index contributed by atoms with van der Waals surface area (Å²) in [7, 11) is 0. The van der Waals surface area contributed by atoms with Gasteiger partial charge in [0, 0.05) is 18.9 Å². The SMILES string of the molecule is ONc1cnc(Sc2nccn2Cc2ccccc2)s1. The second-order valence-electron chi connectivity index (χ2n) is 4.03. The second-order valence-corrected chi connectivity index (χ2v) is 6.27. The van der Waals surface area contributed by atoms with Crippen molar-refractivity contribution < 1.29 is 5.21 Å². The molecule has 0 aliphatic carbocycles. The van der Waals surface area contributed by atoms with Crippen LogP contribution in [0.1, 0.15) is 5.56 Å². The minimum Gasteiger partial charge on any atom is -0.321 e. The summed E-state index contributed by atoms with van der Waals surface area (Å²) in [5.41, 5.74) is 3.32. The van der Waals surface area contributed by atoms with Crippen LogP contribution >= 0.6 is 23.1 Å². The molecule has 102 valence electrons. The van der Waals surface area contributed by atoms with Gasteiger partial charge in [0.1, 0.15) is 5.00 Å². The van der Waals surface area contributed by atoms with Crippen molar-refractivity contribution in [3.05, 3.63) is 54.5 Å². The fourth-order valence-corrected chi connectivity index (χ4v) is 3.46. The van der Waals surface area contributed by atoms with Crippen molar-refractivity contribution in [3.63, 3.8) is 0 Å². The van der Waals surface area contributed by atoms with Crippen molar-refractivity contribution in [1.29, 1.82) is 0 Å². The van der Waals surface area contributed by atoms with Gasteiger partial charge in [-0.15, -0.1) is 0 Å². The first kappa shape index (κ1) is 13.2. The zero-order valence-electron chi connectivity index (χ0n) is 10.4. The van der Waals surface area contributed by atoms with Crippen LogP contribution in [0.3, 0.4) is 0 Å². The summed E-state index contributed by atoms with van der Waals surface area (Å²) >= 11 is 2.87. The highest BCUT2D eigenvalue weighted by molar-refractivity contribution is 8.01. The van der Waals surface area contributed by atoms with Crippen molar-refractivity contribution in [2.75, 3.05) is 5.48 Å². The van der Waals surface area contributed by atoms with Crippen LogP contribution in [-0.4, -0.2) is 19.7 Å². The lowest BCUT2D eigenvalue weighted by Crippen LogP contribution is -1.99. The van der Waals surface area contributed by atoms with E-state index in [9.17, 15) is 0 Å². The number of rotatable bonds is 5. The Balaban J connectivity index is 1.76. The molecule has 7 heteroatoms. The molecule has 0 saturated heterocycles. The van der Waals surface area contributed by atoms with Crippen LogP contribution in [0.25, 0.3) is 0 Å². The van der Waals surface area contributed by atoms with Gasteiger partial charge in [-0.3, -0.25) is 10.7 Å². The van der Waals surface area contributed by atoms with Gasteiger partial charge in [-0.2, -0.15) is 0 Å². The number of hydrogen-bond donors (Lipinski definition) is 2. The van der Waals surface area contributed by atoms with Gasteiger partial charge in [0.15, 0.2) is 9.50 Å². The molecule has 3 aromatic rings. The molecular weight excluding hydrogens is 292 g/mol. The predicted octanol–water partition coefficient (Wildman–Crippen LogP) is 3.34. The van der Waals surface area contributed by atoms with E-state index in [4.69, 9.17) is 5.21 Å². The van der Waals surface area contributed by atoms with Gasteiger partial charge >= 0.3 is 0 Å². The molecule has 0 fully saturated rings. The maximum atomic E-state index is 8.82. The molecule has 0 amide bonds. The predicted molar refractivity (Wildman–Crippen MR) is 79.4 cm³/mol. The van der Waals surface area contributed by atoms with Crippen LogP contribution in [0, 0.1) is 0 Å². The maximum Gasteiger partial charge on any atom is 0.175 e. The lowest BCUT2D eigenvalue weighted by molar-refractivity contribution is 0.391. The molecule has 3 rings (SSSR count). The Hall–Kier alpha value is -1.83. The van der Waals surface area contributed by atoms with Gasteiger partial charge in [0.05, 0.1) is 6.20 Å². The maximum absolute atomic E-state index is 8.82. The van der Waals surface area contributed by atoms with Crippen molar-refractivity contribution in [2.45, 2.75) is 16.0 Å². The second kappa shape index (κ2) is 6.08. The minimum absolute atomic E-state index is 0.619. The van der Waals surface area contributed by atoms with E-state index < -0.39 is 0 Å². The number of hydrogen-bond acceptors (Lipinski definition) is 6. The number of imidazole rings is 1. The quantitative estimate of drug-likeness (QED) is 0.708. The Kier molecular flexibility index (Phi) is 4.00. The standard InChI is InChI=1S/C13H12N4OS2/c18-16-11-8-15-13(19-11)20-12-14-6-7-17(12)9-10-4-2-1-3-5-10/h1-8,16,18H,9H2. The topological polar surface area (TPSA) is 63.0 Å². The first-order chi connectivity index (χ1) is 9.85. The van der Waals surface area contributed by atoms with E-state index in [0.717, 1.165) is 16.0 Å². The van der Waals surface area contributed by atoms with E-state index >= 15 is 0 Å². The molecule has 2 N–H and O–H groups in total. The van der Waals surface area contributed by atoms with Crippen LogP contribution in [0.15, 0.2) is 58.4 Å². The first-order valence-electron chi connectivity index (χ1n) is 5.94. The largest absolute Gasteiger partial charge is 0.321 e. The highest BCUT2D eigenvalue weighted by Gasteiger charge is 2.09. The number of nitrogens with one attached hydrogen (secondary N) is 1. The molecule has 0 aliphatic heterocycles.